The summed E-state index contributed by atoms with van der Waals surface area (Å²) in [5.74, 6) is 1.43. The zero-order valence-corrected chi connectivity index (χ0v) is 9.20. The van der Waals surface area contributed by atoms with Gasteiger partial charge in [-0.3, -0.25) is 0 Å². The molecule has 0 aromatic carbocycles. The Balaban J connectivity index is 2.66. The molecule has 0 bridgehead atoms. The summed E-state index contributed by atoms with van der Waals surface area (Å²) >= 11 is 0. The van der Waals surface area contributed by atoms with Crippen LogP contribution >= 0.6 is 0 Å². The minimum absolute atomic E-state index is 0.294. The Morgan fingerprint density at radius 2 is 2.29 bits per heavy atom. The first-order chi connectivity index (χ1) is 6.69. The minimum atomic E-state index is 0.294. The zero-order chi connectivity index (χ0) is 10.6. The molecule has 0 saturated heterocycles. The second-order valence-corrected chi connectivity index (χ2v) is 3.77. The van der Waals surface area contributed by atoms with Gasteiger partial charge in [-0.2, -0.15) is 0 Å². The summed E-state index contributed by atoms with van der Waals surface area (Å²) < 4.78 is 2.07. The summed E-state index contributed by atoms with van der Waals surface area (Å²) in [4.78, 5) is 4.25. The number of aryl methyl sites for hydroxylation is 1. The van der Waals surface area contributed by atoms with Gasteiger partial charge >= 0.3 is 0 Å². The van der Waals surface area contributed by atoms with Gasteiger partial charge in [0.1, 0.15) is 0 Å². The Morgan fingerprint density at radius 1 is 1.57 bits per heavy atom. The van der Waals surface area contributed by atoms with Crippen molar-refractivity contribution in [3.63, 3.8) is 0 Å². The van der Waals surface area contributed by atoms with Crippen molar-refractivity contribution in [2.24, 2.45) is 11.7 Å². The molecule has 1 atom stereocenters. The first-order valence-corrected chi connectivity index (χ1v) is 5.16. The van der Waals surface area contributed by atoms with Crippen LogP contribution < -0.4 is 11.1 Å². The zero-order valence-electron chi connectivity index (χ0n) is 9.20. The highest BCUT2D eigenvalue weighted by Crippen LogP contribution is 2.10. The number of imidazole rings is 1. The molecule has 0 radical (unpaired) electrons. The van der Waals surface area contributed by atoms with E-state index in [4.69, 9.17) is 5.73 Å². The summed E-state index contributed by atoms with van der Waals surface area (Å²) in [6, 6.07) is 0.294. The normalized spacial score (nSPS) is 13.2. The lowest BCUT2D eigenvalue weighted by Crippen LogP contribution is -2.34. The summed E-state index contributed by atoms with van der Waals surface area (Å²) in [5.41, 5.74) is 5.68. The highest BCUT2D eigenvalue weighted by atomic mass is 15.2. The lowest BCUT2D eigenvalue weighted by atomic mass is 10.1. The Hall–Kier alpha value is -1.03. The molecule has 0 amide bonds. The van der Waals surface area contributed by atoms with Gasteiger partial charge in [0, 0.05) is 31.5 Å². The smallest absolute Gasteiger partial charge is 0.203 e. The van der Waals surface area contributed by atoms with Gasteiger partial charge < -0.3 is 15.6 Å². The van der Waals surface area contributed by atoms with Crippen molar-refractivity contribution in [3.05, 3.63) is 12.4 Å². The second kappa shape index (κ2) is 5.00. The van der Waals surface area contributed by atoms with Crippen molar-refractivity contribution in [3.8, 4) is 0 Å². The maximum absolute atomic E-state index is 5.68. The van der Waals surface area contributed by atoms with Crippen LogP contribution in [0.2, 0.25) is 0 Å². The van der Waals surface area contributed by atoms with Gasteiger partial charge in [0.15, 0.2) is 0 Å². The molecule has 3 N–H and O–H groups in total. The third kappa shape index (κ3) is 2.48. The summed E-state index contributed by atoms with van der Waals surface area (Å²) in [6.07, 6.45) is 3.77. The van der Waals surface area contributed by atoms with Crippen LogP contribution in [0.5, 0.6) is 0 Å². The van der Waals surface area contributed by atoms with Gasteiger partial charge in [-0.25, -0.2) is 4.98 Å². The molecule has 0 fully saturated rings. The van der Waals surface area contributed by atoms with E-state index in [1.165, 1.54) is 0 Å². The van der Waals surface area contributed by atoms with E-state index >= 15 is 0 Å². The molecule has 4 heteroatoms. The van der Waals surface area contributed by atoms with Gasteiger partial charge in [0.25, 0.3) is 0 Å². The lowest BCUT2D eigenvalue weighted by Gasteiger charge is -2.21. The maximum atomic E-state index is 5.68. The highest BCUT2D eigenvalue weighted by Gasteiger charge is 2.12. The quantitative estimate of drug-likeness (QED) is 0.746. The molecule has 14 heavy (non-hydrogen) atoms. The number of rotatable bonds is 5. The first kappa shape index (κ1) is 11.0. The number of hydrogen-bond acceptors (Lipinski definition) is 3. The monoisotopic (exact) mass is 196 g/mol. The molecule has 4 nitrogen and oxygen atoms in total. The molecule has 1 aromatic rings. The highest BCUT2D eigenvalue weighted by molar-refractivity contribution is 5.27. The fourth-order valence-electron chi connectivity index (χ4n) is 1.37. The number of nitrogens with zero attached hydrogens (tertiary/aromatic N) is 2. The minimum Gasteiger partial charge on any atom is -0.351 e. The van der Waals surface area contributed by atoms with Crippen molar-refractivity contribution in [2.45, 2.75) is 33.4 Å². The van der Waals surface area contributed by atoms with Gasteiger partial charge in [-0.05, 0) is 12.8 Å². The van der Waals surface area contributed by atoms with Gasteiger partial charge in [0.05, 0.1) is 0 Å². The van der Waals surface area contributed by atoms with E-state index in [1.54, 1.807) is 6.20 Å². The van der Waals surface area contributed by atoms with Crippen molar-refractivity contribution < 1.29 is 0 Å². The Bertz CT molecular complexity index is 267. The van der Waals surface area contributed by atoms with Gasteiger partial charge in [-0.1, -0.05) is 13.8 Å². The molecule has 1 heterocycles. The van der Waals surface area contributed by atoms with E-state index in [0.717, 1.165) is 12.5 Å². The predicted octanol–water partition coefficient (Wildman–Crippen LogP) is 1.30. The van der Waals surface area contributed by atoms with E-state index in [-0.39, 0.29) is 0 Å². The standard InChI is InChI=1S/C10H20N4/c1-4-14-6-5-12-10(14)13-9(7-11)8(2)3/h5-6,8-9H,4,7,11H2,1-3H3,(H,12,13). The molecule has 1 unspecified atom stereocenters. The van der Waals surface area contributed by atoms with E-state index < -0.39 is 0 Å². The third-order valence-corrected chi connectivity index (χ3v) is 2.43. The number of hydrogen-bond donors (Lipinski definition) is 2. The molecule has 80 valence electrons. The molecule has 0 spiro atoms. The molecule has 0 aliphatic heterocycles. The number of aromatic nitrogens is 2. The van der Waals surface area contributed by atoms with Crippen molar-refractivity contribution >= 4 is 5.95 Å². The van der Waals surface area contributed by atoms with Crippen molar-refractivity contribution in [1.82, 2.24) is 9.55 Å². The first-order valence-electron chi connectivity index (χ1n) is 5.16. The number of nitrogens with one attached hydrogen (secondary N) is 1. The van der Waals surface area contributed by atoms with Crippen LogP contribution in [0, 0.1) is 5.92 Å². The third-order valence-electron chi connectivity index (χ3n) is 2.43. The second-order valence-electron chi connectivity index (χ2n) is 3.77. The summed E-state index contributed by atoms with van der Waals surface area (Å²) in [7, 11) is 0. The Labute approximate surface area is 85.5 Å². The molecular formula is C10H20N4. The van der Waals surface area contributed by atoms with Crippen LogP contribution in [0.15, 0.2) is 12.4 Å². The van der Waals surface area contributed by atoms with Crippen LogP contribution in [-0.2, 0) is 6.54 Å². The average Bonchev–Trinajstić information content (AvgIpc) is 2.60. The fourth-order valence-corrected chi connectivity index (χ4v) is 1.37. The Kier molecular flexibility index (Phi) is 3.95. The van der Waals surface area contributed by atoms with Crippen LogP contribution in [-0.4, -0.2) is 22.1 Å². The van der Waals surface area contributed by atoms with Gasteiger partial charge in [-0.15, -0.1) is 0 Å². The van der Waals surface area contributed by atoms with Crippen LogP contribution in [0.25, 0.3) is 0 Å². The summed E-state index contributed by atoms with van der Waals surface area (Å²) in [6.45, 7) is 7.97. The van der Waals surface area contributed by atoms with E-state index in [2.05, 4.69) is 35.6 Å². The number of anilines is 1. The predicted molar refractivity (Wildman–Crippen MR) is 59.2 cm³/mol. The van der Waals surface area contributed by atoms with Crippen molar-refractivity contribution in [2.75, 3.05) is 11.9 Å². The van der Waals surface area contributed by atoms with Crippen LogP contribution in [0.3, 0.4) is 0 Å². The van der Waals surface area contributed by atoms with E-state index in [1.807, 2.05) is 6.20 Å². The number of nitrogens with two attached hydrogens (primary N) is 1. The fraction of sp³-hybridized carbons (Fsp3) is 0.700. The van der Waals surface area contributed by atoms with Gasteiger partial charge in [0.2, 0.25) is 5.95 Å². The molecular weight excluding hydrogens is 176 g/mol. The van der Waals surface area contributed by atoms with Crippen LogP contribution in [0.4, 0.5) is 5.95 Å². The summed E-state index contributed by atoms with van der Waals surface area (Å²) in [5, 5.41) is 3.35. The molecule has 0 aliphatic carbocycles. The average molecular weight is 196 g/mol. The molecule has 0 aliphatic rings. The molecule has 1 rings (SSSR count). The molecule has 0 saturated carbocycles. The largest absolute Gasteiger partial charge is 0.351 e. The van der Waals surface area contributed by atoms with Crippen LogP contribution in [0.1, 0.15) is 20.8 Å². The topological polar surface area (TPSA) is 55.9 Å². The Morgan fingerprint density at radius 3 is 2.79 bits per heavy atom. The van der Waals surface area contributed by atoms with E-state index in [9.17, 15) is 0 Å². The molecule has 1 aromatic heterocycles. The van der Waals surface area contributed by atoms with Crippen molar-refractivity contribution in [1.29, 1.82) is 0 Å². The lowest BCUT2D eigenvalue weighted by molar-refractivity contribution is 0.524. The maximum Gasteiger partial charge on any atom is 0.203 e. The van der Waals surface area contributed by atoms with E-state index in [0.29, 0.717) is 18.5 Å². The SMILES string of the molecule is CCn1ccnc1NC(CN)C(C)C.